The normalized spacial score (nSPS) is 9.82. The van der Waals surface area contributed by atoms with Gasteiger partial charge < -0.3 is 4.74 Å². The van der Waals surface area contributed by atoms with E-state index in [0.717, 1.165) is 13.2 Å². The Labute approximate surface area is 97.0 Å². The molecule has 2 nitrogen and oxygen atoms in total. The first kappa shape index (κ1) is 9.79. The van der Waals surface area contributed by atoms with Gasteiger partial charge in [-0.15, -0.1) is 0 Å². The molecule has 0 fully saturated rings. The minimum absolute atomic E-state index is 0.628. The molecule has 0 aromatic carbocycles. The highest BCUT2D eigenvalue weighted by molar-refractivity contribution is 14.1. The average molecular weight is 395 g/mol. The van der Waals surface area contributed by atoms with Crippen LogP contribution in [0.3, 0.4) is 0 Å². The van der Waals surface area contributed by atoms with Gasteiger partial charge in [0.2, 0.25) is 0 Å². The summed E-state index contributed by atoms with van der Waals surface area (Å²) in [5.74, 6) is 0.719. The average Bonchev–Trinajstić information content (AvgIpc) is 1.97. The van der Waals surface area contributed by atoms with Crippen molar-refractivity contribution < 1.29 is 4.74 Å². The summed E-state index contributed by atoms with van der Waals surface area (Å²) < 4.78 is 6.66. The summed E-state index contributed by atoms with van der Waals surface area (Å²) in [6, 6.07) is 1.76. The van der Waals surface area contributed by atoms with E-state index in [1.165, 1.54) is 0 Å². The van der Waals surface area contributed by atoms with E-state index < -0.39 is 0 Å². The van der Waals surface area contributed by atoms with Crippen LogP contribution in [0.15, 0.2) is 6.07 Å². The predicted molar refractivity (Wildman–Crippen MR) is 61.2 cm³/mol. The second kappa shape index (κ2) is 4.08. The van der Waals surface area contributed by atoms with E-state index in [0.29, 0.717) is 5.02 Å². The molecule has 60 valence electrons. The molecule has 5 heteroatoms. The van der Waals surface area contributed by atoms with Crippen molar-refractivity contribution in [3.63, 3.8) is 0 Å². The minimum atomic E-state index is 0.628. The van der Waals surface area contributed by atoms with Crippen molar-refractivity contribution >= 4 is 56.8 Å². The summed E-state index contributed by atoms with van der Waals surface area (Å²) >= 11 is 9.99. The molecular weight excluding hydrogens is 391 g/mol. The van der Waals surface area contributed by atoms with Gasteiger partial charge in [0.25, 0.3) is 0 Å². The molecule has 0 saturated heterocycles. The number of hydrogen-bond acceptors (Lipinski definition) is 2. The summed E-state index contributed by atoms with van der Waals surface area (Å²) in [4.78, 5) is 4.16. The lowest BCUT2D eigenvalue weighted by Gasteiger charge is -2.03. The quantitative estimate of drug-likeness (QED) is 0.539. The number of methoxy groups -OCH3 is 1. The SMILES string of the molecule is COc1cc(Cl)c(I)nc1I. The molecule has 0 saturated carbocycles. The summed E-state index contributed by atoms with van der Waals surface area (Å²) in [5, 5.41) is 0.628. The Balaban J connectivity index is 3.21. The molecule has 0 bridgehead atoms. The molecule has 0 amide bonds. The first-order chi connectivity index (χ1) is 5.15. The second-order valence-corrected chi connectivity index (χ2v) is 4.20. The fourth-order valence-electron chi connectivity index (χ4n) is 0.572. The van der Waals surface area contributed by atoms with Crippen LogP contribution in [0, 0.1) is 7.40 Å². The molecule has 1 aromatic rings. The van der Waals surface area contributed by atoms with Crippen LogP contribution < -0.4 is 4.74 Å². The molecule has 0 aliphatic carbocycles. The first-order valence-electron chi connectivity index (χ1n) is 2.70. The number of pyridine rings is 1. The molecule has 1 heterocycles. The van der Waals surface area contributed by atoms with E-state index >= 15 is 0 Å². The van der Waals surface area contributed by atoms with Crippen molar-refractivity contribution in [1.82, 2.24) is 4.98 Å². The maximum absolute atomic E-state index is 5.81. The van der Waals surface area contributed by atoms with E-state index in [-0.39, 0.29) is 0 Å². The van der Waals surface area contributed by atoms with Gasteiger partial charge in [0.1, 0.15) is 7.40 Å². The topological polar surface area (TPSA) is 22.1 Å². The zero-order valence-electron chi connectivity index (χ0n) is 5.57. The van der Waals surface area contributed by atoms with Crippen molar-refractivity contribution in [3.05, 3.63) is 18.5 Å². The molecule has 0 N–H and O–H groups in total. The van der Waals surface area contributed by atoms with Crippen LogP contribution in [0.25, 0.3) is 0 Å². The van der Waals surface area contributed by atoms with Crippen LogP contribution in [-0.4, -0.2) is 12.1 Å². The van der Waals surface area contributed by atoms with Gasteiger partial charge in [-0.05, 0) is 45.2 Å². The lowest BCUT2D eigenvalue weighted by Crippen LogP contribution is -1.92. The molecule has 0 atom stereocenters. The molecular formula is C6H4ClI2NO. The van der Waals surface area contributed by atoms with Crippen molar-refractivity contribution in [2.75, 3.05) is 7.11 Å². The molecule has 0 aliphatic rings. The number of nitrogens with zero attached hydrogens (tertiary/aromatic N) is 1. The Morgan fingerprint density at radius 3 is 2.64 bits per heavy atom. The molecule has 0 spiro atoms. The smallest absolute Gasteiger partial charge is 0.152 e. The summed E-state index contributed by atoms with van der Waals surface area (Å²) in [7, 11) is 1.60. The molecule has 11 heavy (non-hydrogen) atoms. The number of halogens is 3. The van der Waals surface area contributed by atoms with E-state index in [1.54, 1.807) is 13.2 Å². The maximum Gasteiger partial charge on any atom is 0.152 e. The largest absolute Gasteiger partial charge is 0.494 e. The highest BCUT2D eigenvalue weighted by Crippen LogP contribution is 2.25. The first-order valence-corrected chi connectivity index (χ1v) is 5.24. The fourth-order valence-corrected chi connectivity index (χ4v) is 2.19. The van der Waals surface area contributed by atoms with Crippen molar-refractivity contribution in [1.29, 1.82) is 0 Å². The number of rotatable bonds is 1. The Bertz CT molecular complexity index is 280. The van der Waals surface area contributed by atoms with Crippen molar-refractivity contribution in [3.8, 4) is 5.75 Å². The van der Waals surface area contributed by atoms with Gasteiger partial charge in [0.05, 0.1) is 12.1 Å². The van der Waals surface area contributed by atoms with Gasteiger partial charge in [-0.1, -0.05) is 11.6 Å². The maximum atomic E-state index is 5.81. The Morgan fingerprint density at radius 1 is 1.45 bits per heavy atom. The van der Waals surface area contributed by atoms with Crippen LogP contribution in [0.5, 0.6) is 5.75 Å². The lowest BCUT2D eigenvalue weighted by atomic mass is 10.5. The fraction of sp³-hybridized carbons (Fsp3) is 0.167. The van der Waals surface area contributed by atoms with Crippen LogP contribution in [0.1, 0.15) is 0 Å². The van der Waals surface area contributed by atoms with Crippen molar-refractivity contribution in [2.24, 2.45) is 0 Å². The third-order valence-electron chi connectivity index (χ3n) is 1.07. The summed E-state index contributed by atoms with van der Waals surface area (Å²) in [6.45, 7) is 0. The second-order valence-electron chi connectivity index (χ2n) is 1.75. The number of ether oxygens (including phenoxy) is 1. The summed E-state index contributed by atoms with van der Waals surface area (Å²) in [5.41, 5.74) is 0. The van der Waals surface area contributed by atoms with E-state index in [1.807, 2.05) is 0 Å². The van der Waals surface area contributed by atoms with Crippen LogP contribution in [-0.2, 0) is 0 Å². The van der Waals surface area contributed by atoms with Gasteiger partial charge >= 0.3 is 0 Å². The third-order valence-corrected chi connectivity index (χ3v) is 3.28. The third kappa shape index (κ3) is 2.32. The Morgan fingerprint density at radius 2 is 2.09 bits per heavy atom. The van der Waals surface area contributed by atoms with Gasteiger partial charge in [-0.2, -0.15) is 0 Å². The van der Waals surface area contributed by atoms with Crippen molar-refractivity contribution in [2.45, 2.75) is 0 Å². The highest BCUT2D eigenvalue weighted by Gasteiger charge is 2.05. The van der Waals surface area contributed by atoms with Gasteiger partial charge in [0.15, 0.2) is 5.75 Å². The molecule has 1 aromatic heterocycles. The lowest BCUT2D eigenvalue weighted by molar-refractivity contribution is 0.409. The summed E-state index contributed by atoms with van der Waals surface area (Å²) in [6.07, 6.45) is 0. The molecule has 0 aliphatic heterocycles. The Kier molecular flexibility index (Phi) is 3.63. The zero-order valence-corrected chi connectivity index (χ0v) is 10.6. The molecule has 0 unspecified atom stereocenters. The van der Waals surface area contributed by atoms with Crippen LogP contribution >= 0.6 is 56.8 Å². The Hall–Kier alpha value is 0.700. The molecule has 1 rings (SSSR count). The predicted octanol–water partition coefficient (Wildman–Crippen LogP) is 2.95. The molecule has 0 radical (unpaired) electrons. The standard InChI is InChI=1S/C6H4ClI2NO/c1-11-4-2-3(7)5(8)10-6(4)9/h2H,1H3. The number of hydrogen-bond donors (Lipinski definition) is 0. The van der Waals surface area contributed by atoms with Crippen LogP contribution in [0.4, 0.5) is 0 Å². The number of aromatic nitrogens is 1. The van der Waals surface area contributed by atoms with E-state index in [4.69, 9.17) is 16.3 Å². The van der Waals surface area contributed by atoms with E-state index in [2.05, 4.69) is 50.2 Å². The van der Waals surface area contributed by atoms with Gasteiger partial charge in [-0.25, -0.2) is 4.98 Å². The minimum Gasteiger partial charge on any atom is -0.494 e. The van der Waals surface area contributed by atoms with Gasteiger partial charge in [0, 0.05) is 6.07 Å². The highest BCUT2D eigenvalue weighted by atomic mass is 127. The van der Waals surface area contributed by atoms with E-state index in [9.17, 15) is 0 Å². The monoisotopic (exact) mass is 395 g/mol. The zero-order chi connectivity index (χ0) is 8.43. The van der Waals surface area contributed by atoms with Crippen LogP contribution in [0.2, 0.25) is 5.02 Å². The van der Waals surface area contributed by atoms with Gasteiger partial charge in [-0.3, -0.25) is 0 Å².